The molecule has 1 atom stereocenters. The SMILES string of the molecule is NC1(C2CCCCO2)COC1. The number of rotatable bonds is 1. The Hall–Kier alpha value is -0.120. The number of hydrogen-bond acceptors (Lipinski definition) is 3. The van der Waals surface area contributed by atoms with E-state index in [-0.39, 0.29) is 11.6 Å². The third-order valence-electron chi connectivity index (χ3n) is 2.56. The first-order chi connectivity index (χ1) is 5.31. The van der Waals surface area contributed by atoms with Crippen molar-refractivity contribution in [1.82, 2.24) is 0 Å². The molecule has 64 valence electrons. The van der Waals surface area contributed by atoms with Crippen LogP contribution in [0.15, 0.2) is 0 Å². The van der Waals surface area contributed by atoms with E-state index in [2.05, 4.69) is 0 Å². The van der Waals surface area contributed by atoms with Crippen LogP contribution in [-0.4, -0.2) is 31.5 Å². The summed E-state index contributed by atoms with van der Waals surface area (Å²) < 4.78 is 10.7. The molecule has 0 aliphatic carbocycles. The highest BCUT2D eigenvalue weighted by atomic mass is 16.5. The van der Waals surface area contributed by atoms with Gasteiger partial charge in [-0.25, -0.2) is 0 Å². The maximum absolute atomic E-state index is 6.03. The van der Waals surface area contributed by atoms with Crippen LogP contribution in [0.1, 0.15) is 19.3 Å². The molecule has 3 heteroatoms. The van der Waals surface area contributed by atoms with E-state index in [1.165, 1.54) is 12.8 Å². The Morgan fingerprint density at radius 3 is 2.55 bits per heavy atom. The highest BCUT2D eigenvalue weighted by molar-refractivity contribution is 4.98. The summed E-state index contributed by atoms with van der Waals surface area (Å²) >= 11 is 0. The quantitative estimate of drug-likeness (QED) is 0.594. The second kappa shape index (κ2) is 2.73. The minimum absolute atomic E-state index is 0.152. The van der Waals surface area contributed by atoms with Gasteiger partial charge in [-0.05, 0) is 19.3 Å². The Balaban J connectivity index is 1.91. The average molecular weight is 157 g/mol. The van der Waals surface area contributed by atoms with Crippen molar-refractivity contribution in [1.29, 1.82) is 0 Å². The van der Waals surface area contributed by atoms with Gasteiger partial charge in [0.2, 0.25) is 0 Å². The Morgan fingerprint density at radius 2 is 2.09 bits per heavy atom. The molecule has 2 heterocycles. The third kappa shape index (κ3) is 1.28. The van der Waals surface area contributed by atoms with Crippen molar-refractivity contribution in [2.24, 2.45) is 5.73 Å². The molecule has 2 aliphatic heterocycles. The minimum atomic E-state index is -0.152. The largest absolute Gasteiger partial charge is 0.377 e. The van der Waals surface area contributed by atoms with Gasteiger partial charge in [-0.15, -0.1) is 0 Å². The molecule has 2 fully saturated rings. The van der Waals surface area contributed by atoms with Gasteiger partial charge in [0.05, 0.1) is 24.9 Å². The van der Waals surface area contributed by atoms with Crippen LogP contribution in [0.4, 0.5) is 0 Å². The normalized spacial score (nSPS) is 36.3. The molecule has 2 aliphatic rings. The highest BCUT2D eigenvalue weighted by Gasteiger charge is 2.43. The summed E-state index contributed by atoms with van der Waals surface area (Å²) in [4.78, 5) is 0. The zero-order valence-electron chi connectivity index (χ0n) is 6.71. The van der Waals surface area contributed by atoms with Crippen molar-refractivity contribution in [3.63, 3.8) is 0 Å². The van der Waals surface area contributed by atoms with Gasteiger partial charge in [-0.2, -0.15) is 0 Å². The lowest BCUT2D eigenvalue weighted by atomic mass is 9.87. The van der Waals surface area contributed by atoms with Gasteiger partial charge >= 0.3 is 0 Å². The maximum Gasteiger partial charge on any atom is 0.0893 e. The average Bonchev–Trinajstić information content (AvgIpc) is 2.02. The van der Waals surface area contributed by atoms with E-state index in [0.717, 1.165) is 13.0 Å². The molecule has 2 saturated heterocycles. The van der Waals surface area contributed by atoms with Crippen LogP contribution in [0.3, 0.4) is 0 Å². The fraction of sp³-hybridized carbons (Fsp3) is 1.00. The van der Waals surface area contributed by atoms with Crippen LogP contribution in [0, 0.1) is 0 Å². The van der Waals surface area contributed by atoms with Crippen LogP contribution >= 0.6 is 0 Å². The van der Waals surface area contributed by atoms with E-state index in [9.17, 15) is 0 Å². The molecule has 0 aromatic rings. The molecule has 0 bridgehead atoms. The topological polar surface area (TPSA) is 44.5 Å². The van der Waals surface area contributed by atoms with Gasteiger partial charge in [-0.3, -0.25) is 0 Å². The van der Waals surface area contributed by atoms with Crippen molar-refractivity contribution in [3.05, 3.63) is 0 Å². The third-order valence-corrected chi connectivity index (χ3v) is 2.56. The lowest BCUT2D eigenvalue weighted by molar-refractivity contribution is -0.144. The summed E-state index contributed by atoms with van der Waals surface area (Å²) in [6.07, 6.45) is 3.81. The Kier molecular flexibility index (Phi) is 1.87. The molecule has 1 unspecified atom stereocenters. The number of ether oxygens (including phenoxy) is 2. The minimum Gasteiger partial charge on any atom is -0.377 e. The highest BCUT2D eigenvalue weighted by Crippen LogP contribution is 2.27. The summed E-state index contributed by atoms with van der Waals surface area (Å²) in [5, 5.41) is 0. The van der Waals surface area contributed by atoms with Crippen molar-refractivity contribution in [3.8, 4) is 0 Å². The first-order valence-electron chi connectivity index (χ1n) is 4.29. The van der Waals surface area contributed by atoms with Crippen molar-refractivity contribution in [2.45, 2.75) is 30.9 Å². The summed E-state index contributed by atoms with van der Waals surface area (Å²) in [5.41, 5.74) is 5.88. The monoisotopic (exact) mass is 157 g/mol. The van der Waals surface area contributed by atoms with Crippen LogP contribution in [-0.2, 0) is 9.47 Å². The van der Waals surface area contributed by atoms with Gasteiger partial charge in [-0.1, -0.05) is 0 Å². The summed E-state index contributed by atoms with van der Waals surface area (Å²) in [5.74, 6) is 0. The Bertz CT molecular complexity index is 139. The smallest absolute Gasteiger partial charge is 0.0893 e. The molecule has 2 N–H and O–H groups in total. The molecule has 3 nitrogen and oxygen atoms in total. The Labute approximate surface area is 66.8 Å². The fourth-order valence-electron chi connectivity index (χ4n) is 1.72. The molecule has 0 saturated carbocycles. The predicted octanol–water partition coefficient (Wildman–Crippen LogP) is 0.283. The first-order valence-corrected chi connectivity index (χ1v) is 4.29. The number of nitrogens with two attached hydrogens (primary N) is 1. The summed E-state index contributed by atoms with van der Waals surface area (Å²) in [6.45, 7) is 2.24. The molecular weight excluding hydrogens is 142 g/mol. The van der Waals surface area contributed by atoms with Gasteiger partial charge in [0, 0.05) is 6.61 Å². The van der Waals surface area contributed by atoms with Crippen LogP contribution in [0.2, 0.25) is 0 Å². The lowest BCUT2D eigenvalue weighted by Crippen LogP contribution is -2.66. The van der Waals surface area contributed by atoms with E-state index in [1.54, 1.807) is 0 Å². The van der Waals surface area contributed by atoms with E-state index in [4.69, 9.17) is 15.2 Å². The standard InChI is InChI=1S/C8H15NO2/c9-8(5-10-6-8)7-3-1-2-4-11-7/h7H,1-6,9H2. The summed E-state index contributed by atoms with van der Waals surface area (Å²) in [7, 11) is 0. The fourth-order valence-corrected chi connectivity index (χ4v) is 1.72. The molecule has 0 aromatic carbocycles. The zero-order valence-corrected chi connectivity index (χ0v) is 6.71. The van der Waals surface area contributed by atoms with Gasteiger partial charge in [0.1, 0.15) is 0 Å². The molecule has 0 radical (unpaired) electrons. The lowest BCUT2D eigenvalue weighted by Gasteiger charge is -2.45. The Morgan fingerprint density at radius 1 is 1.27 bits per heavy atom. The maximum atomic E-state index is 6.03. The van der Waals surface area contributed by atoms with E-state index >= 15 is 0 Å². The van der Waals surface area contributed by atoms with Crippen LogP contribution in [0.5, 0.6) is 0 Å². The second-order valence-electron chi connectivity index (χ2n) is 3.58. The van der Waals surface area contributed by atoms with E-state index < -0.39 is 0 Å². The van der Waals surface area contributed by atoms with Crippen molar-refractivity contribution in [2.75, 3.05) is 19.8 Å². The molecule has 0 aromatic heterocycles. The predicted molar refractivity (Wildman–Crippen MR) is 41.3 cm³/mol. The zero-order chi connectivity index (χ0) is 7.73. The molecule has 2 rings (SSSR count). The van der Waals surface area contributed by atoms with Crippen molar-refractivity contribution >= 4 is 0 Å². The van der Waals surface area contributed by atoms with Crippen molar-refractivity contribution < 1.29 is 9.47 Å². The number of hydrogen-bond donors (Lipinski definition) is 1. The second-order valence-corrected chi connectivity index (χ2v) is 3.58. The van der Waals surface area contributed by atoms with Gasteiger partial charge in [0.25, 0.3) is 0 Å². The molecule has 0 amide bonds. The van der Waals surface area contributed by atoms with Gasteiger partial charge < -0.3 is 15.2 Å². The molecular formula is C8H15NO2. The molecule has 11 heavy (non-hydrogen) atoms. The summed E-state index contributed by atoms with van der Waals surface area (Å²) in [6, 6.07) is 0. The van der Waals surface area contributed by atoms with E-state index in [0.29, 0.717) is 13.2 Å². The van der Waals surface area contributed by atoms with Gasteiger partial charge in [0.15, 0.2) is 0 Å². The molecule has 0 spiro atoms. The van der Waals surface area contributed by atoms with E-state index in [1.807, 2.05) is 0 Å². The van der Waals surface area contributed by atoms with Crippen LogP contribution in [0.25, 0.3) is 0 Å². The van der Waals surface area contributed by atoms with Crippen LogP contribution < -0.4 is 5.73 Å². The first kappa shape index (κ1) is 7.53.